The number of aryl methyl sites for hydroxylation is 1. The molecule has 1 atom stereocenters. The zero-order chi connectivity index (χ0) is 39.2. The Morgan fingerprint density at radius 3 is 2.26 bits per heavy atom. The lowest BCUT2D eigenvalue weighted by molar-refractivity contribution is 0.535. The van der Waals surface area contributed by atoms with Gasteiger partial charge in [0, 0.05) is 17.9 Å². The largest absolute Gasteiger partial charge is 0.337 e. The van der Waals surface area contributed by atoms with Crippen LogP contribution >= 0.6 is 0 Å². The smallest absolute Gasteiger partial charge is 0.0481 e. The summed E-state index contributed by atoms with van der Waals surface area (Å²) >= 11 is 0. The molecule has 0 spiro atoms. The van der Waals surface area contributed by atoms with Gasteiger partial charge in [-0.2, -0.15) is 0 Å². The van der Waals surface area contributed by atoms with Gasteiger partial charge in [-0.15, -0.1) is 0 Å². The standard InChI is InChI=1S/C57H53N/c1-38-17-13-14-22-49(38)53-36-46-29-28-43-27-26-41(34-54(43)57(46)55(40(53)3)50-23-11-4-7-16-39(50)2)37-58(47-20-9-6-10-21-47)48-32-30-42(31-33-48)51-25-15-19-45-35-44-18-8-5-12-24-52(44)56(45)51/h6-7,9-14,16-17,20-24,26-34,36,45H,4-5,8,15,18-19,25,35,37H2,1-3H3. The van der Waals surface area contributed by atoms with Gasteiger partial charge in [-0.1, -0.05) is 121 Å². The first-order chi connectivity index (χ1) is 28.5. The van der Waals surface area contributed by atoms with Crippen molar-refractivity contribution in [3.8, 4) is 11.1 Å². The molecule has 0 radical (unpaired) electrons. The summed E-state index contributed by atoms with van der Waals surface area (Å²) in [4.78, 5) is 2.50. The van der Waals surface area contributed by atoms with E-state index in [9.17, 15) is 0 Å². The van der Waals surface area contributed by atoms with Gasteiger partial charge in [0.05, 0.1) is 0 Å². The third-order valence-electron chi connectivity index (χ3n) is 13.4. The summed E-state index contributed by atoms with van der Waals surface area (Å²) in [5, 5.41) is 5.21. The SMILES string of the molecule is CC1=C(c2c(C)c(-c3ccccc3C)cc3ccc4ccc(CN(c5ccccc5)c5ccc(C6=C7C8=C(CCCC=C8)CC7CCC6)cc5)cc4c23)C=CCC=C1. The minimum Gasteiger partial charge on any atom is -0.337 e. The lowest BCUT2D eigenvalue weighted by Crippen LogP contribution is -2.16. The maximum absolute atomic E-state index is 2.50. The first-order valence-corrected chi connectivity index (χ1v) is 21.7. The third-order valence-corrected chi connectivity index (χ3v) is 13.4. The molecule has 4 aliphatic carbocycles. The molecule has 4 aliphatic rings. The maximum Gasteiger partial charge on any atom is 0.0481 e. The highest BCUT2D eigenvalue weighted by Gasteiger charge is 2.33. The van der Waals surface area contributed by atoms with Crippen molar-refractivity contribution in [1.29, 1.82) is 0 Å². The Balaban J connectivity index is 1.09. The Labute approximate surface area is 345 Å². The first-order valence-electron chi connectivity index (χ1n) is 21.7. The summed E-state index contributed by atoms with van der Waals surface area (Å²) in [5.41, 5.74) is 20.9. The van der Waals surface area contributed by atoms with Crippen LogP contribution in [0.25, 0.3) is 43.8 Å². The number of allylic oxidation sites excluding steroid dienone is 12. The molecule has 0 saturated heterocycles. The van der Waals surface area contributed by atoms with Crippen LogP contribution in [-0.2, 0) is 6.54 Å². The summed E-state index contributed by atoms with van der Waals surface area (Å²) in [6.07, 6.45) is 24.0. The molecule has 6 aromatic carbocycles. The van der Waals surface area contributed by atoms with Gasteiger partial charge in [-0.05, 0) is 203 Å². The number of nitrogens with zero attached hydrogens (tertiary/aromatic N) is 1. The Morgan fingerprint density at radius 1 is 0.638 bits per heavy atom. The number of rotatable bonds is 7. The summed E-state index contributed by atoms with van der Waals surface area (Å²) in [6, 6.07) is 43.6. The van der Waals surface area contributed by atoms with Crippen LogP contribution in [0.2, 0.25) is 0 Å². The fourth-order valence-electron chi connectivity index (χ4n) is 10.5. The molecular formula is C57H53N. The zero-order valence-electron chi connectivity index (χ0n) is 34.3. The summed E-state index contributed by atoms with van der Waals surface area (Å²) in [7, 11) is 0. The molecule has 58 heavy (non-hydrogen) atoms. The lowest BCUT2D eigenvalue weighted by atomic mass is 9.79. The normalized spacial score (nSPS) is 17.9. The zero-order valence-corrected chi connectivity index (χ0v) is 34.3. The number of hydrogen-bond acceptors (Lipinski definition) is 1. The average Bonchev–Trinajstić information content (AvgIpc) is 3.36. The number of anilines is 2. The second-order valence-corrected chi connectivity index (χ2v) is 17.1. The van der Waals surface area contributed by atoms with Gasteiger partial charge >= 0.3 is 0 Å². The highest BCUT2D eigenvalue weighted by molar-refractivity contribution is 6.15. The second kappa shape index (κ2) is 15.4. The van der Waals surface area contributed by atoms with Gasteiger partial charge in [-0.3, -0.25) is 0 Å². The Kier molecular flexibility index (Phi) is 9.70. The molecule has 286 valence electrons. The minimum absolute atomic E-state index is 0.703. The molecule has 0 N–H and O–H groups in total. The van der Waals surface area contributed by atoms with Gasteiger partial charge in [0.1, 0.15) is 0 Å². The molecular weight excluding hydrogens is 699 g/mol. The molecule has 1 unspecified atom stereocenters. The van der Waals surface area contributed by atoms with Gasteiger partial charge in [0.25, 0.3) is 0 Å². The first kappa shape index (κ1) is 36.4. The van der Waals surface area contributed by atoms with Crippen LogP contribution in [0.5, 0.6) is 0 Å². The minimum atomic E-state index is 0.703. The summed E-state index contributed by atoms with van der Waals surface area (Å²) in [5.74, 6) is 0.703. The third kappa shape index (κ3) is 6.61. The van der Waals surface area contributed by atoms with Crippen LogP contribution < -0.4 is 4.90 Å². The Morgan fingerprint density at radius 2 is 1.40 bits per heavy atom. The van der Waals surface area contributed by atoms with Crippen molar-refractivity contribution >= 4 is 44.1 Å². The summed E-state index contributed by atoms with van der Waals surface area (Å²) in [6.45, 7) is 7.61. The fourth-order valence-corrected chi connectivity index (χ4v) is 10.5. The van der Waals surface area contributed by atoms with Crippen LogP contribution in [0, 0.1) is 19.8 Å². The molecule has 0 aromatic heterocycles. The number of fused-ring (bicyclic) bond motifs is 5. The fraction of sp³-hybridized carbons (Fsp3) is 0.228. The lowest BCUT2D eigenvalue weighted by Gasteiger charge is -2.28. The van der Waals surface area contributed by atoms with Crippen molar-refractivity contribution in [2.24, 2.45) is 5.92 Å². The van der Waals surface area contributed by atoms with E-state index in [1.54, 1.807) is 22.3 Å². The molecule has 10 rings (SSSR count). The van der Waals surface area contributed by atoms with Crippen molar-refractivity contribution in [2.45, 2.75) is 78.7 Å². The van der Waals surface area contributed by atoms with E-state index in [-0.39, 0.29) is 0 Å². The van der Waals surface area contributed by atoms with Crippen LogP contribution in [-0.4, -0.2) is 0 Å². The van der Waals surface area contributed by atoms with Crippen molar-refractivity contribution in [3.63, 3.8) is 0 Å². The van der Waals surface area contributed by atoms with Gasteiger partial charge in [0.2, 0.25) is 0 Å². The van der Waals surface area contributed by atoms with Gasteiger partial charge < -0.3 is 4.90 Å². The molecule has 0 aliphatic heterocycles. The average molecular weight is 752 g/mol. The quantitative estimate of drug-likeness (QED) is 0.147. The van der Waals surface area contributed by atoms with Crippen LogP contribution in [0.1, 0.15) is 86.1 Å². The highest BCUT2D eigenvalue weighted by atomic mass is 15.1. The topological polar surface area (TPSA) is 3.24 Å². The molecule has 0 heterocycles. The maximum atomic E-state index is 2.50. The van der Waals surface area contributed by atoms with Gasteiger partial charge in [0.15, 0.2) is 0 Å². The summed E-state index contributed by atoms with van der Waals surface area (Å²) < 4.78 is 0. The molecule has 0 fully saturated rings. The van der Waals surface area contributed by atoms with E-state index < -0.39 is 0 Å². The van der Waals surface area contributed by atoms with Crippen LogP contribution in [0.3, 0.4) is 0 Å². The van der Waals surface area contributed by atoms with Crippen LogP contribution in [0.15, 0.2) is 174 Å². The monoisotopic (exact) mass is 751 g/mol. The number of hydrogen-bond donors (Lipinski definition) is 0. The molecule has 0 saturated carbocycles. The molecule has 0 amide bonds. The van der Waals surface area contributed by atoms with E-state index in [2.05, 4.69) is 177 Å². The van der Waals surface area contributed by atoms with Crippen molar-refractivity contribution < 1.29 is 0 Å². The molecule has 1 heteroatoms. The predicted molar refractivity (Wildman–Crippen MR) is 249 cm³/mol. The van der Waals surface area contributed by atoms with Crippen molar-refractivity contribution in [2.75, 3.05) is 4.90 Å². The molecule has 1 nitrogen and oxygen atoms in total. The van der Waals surface area contributed by atoms with E-state index in [0.717, 1.165) is 13.0 Å². The van der Waals surface area contributed by atoms with E-state index in [1.165, 1.54) is 128 Å². The van der Waals surface area contributed by atoms with E-state index in [1.807, 2.05) is 0 Å². The van der Waals surface area contributed by atoms with Crippen LogP contribution in [0.4, 0.5) is 11.4 Å². The molecule has 6 aromatic rings. The highest BCUT2D eigenvalue weighted by Crippen LogP contribution is 2.50. The van der Waals surface area contributed by atoms with Crippen molar-refractivity contribution in [3.05, 3.63) is 202 Å². The van der Waals surface area contributed by atoms with Crippen molar-refractivity contribution in [1.82, 2.24) is 0 Å². The number of para-hydroxylation sites is 1. The van der Waals surface area contributed by atoms with E-state index >= 15 is 0 Å². The van der Waals surface area contributed by atoms with E-state index in [0.29, 0.717) is 5.92 Å². The second-order valence-electron chi connectivity index (χ2n) is 17.1. The predicted octanol–water partition coefficient (Wildman–Crippen LogP) is 15.9. The molecule has 0 bridgehead atoms. The van der Waals surface area contributed by atoms with Gasteiger partial charge in [-0.25, -0.2) is 0 Å². The Bertz CT molecular complexity index is 2760. The number of benzene rings is 6. The Hall–Kier alpha value is -5.92. The van der Waals surface area contributed by atoms with E-state index in [4.69, 9.17) is 0 Å².